The number of benzene rings is 2. The van der Waals surface area contributed by atoms with Gasteiger partial charge >= 0.3 is 0 Å². The van der Waals surface area contributed by atoms with Gasteiger partial charge in [-0.05, 0) is 54.2 Å². The number of amides is 1. The number of methoxy groups -OCH3 is 1. The van der Waals surface area contributed by atoms with E-state index in [0.717, 1.165) is 38.0 Å². The quantitative estimate of drug-likeness (QED) is 0.826. The third kappa shape index (κ3) is 3.24. The number of rotatable bonds is 6. The van der Waals surface area contributed by atoms with Gasteiger partial charge in [0.2, 0.25) is 5.91 Å². The molecule has 0 aliphatic heterocycles. The molecule has 0 heterocycles. The highest BCUT2D eigenvalue weighted by Crippen LogP contribution is 2.26. The van der Waals surface area contributed by atoms with Crippen molar-refractivity contribution < 1.29 is 9.53 Å². The van der Waals surface area contributed by atoms with Crippen LogP contribution in [0.4, 0.5) is 0 Å². The molecular weight excluding hydrogens is 274 g/mol. The Morgan fingerprint density at radius 1 is 1.27 bits per heavy atom. The number of hydrogen-bond acceptors (Lipinski definition) is 2. The second-order valence-corrected chi connectivity index (χ2v) is 6.03. The van der Waals surface area contributed by atoms with E-state index >= 15 is 0 Å². The van der Waals surface area contributed by atoms with Crippen LogP contribution in [0.2, 0.25) is 0 Å². The first-order valence-electron chi connectivity index (χ1n) is 8.11. The molecule has 1 amide bonds. The summed E-state index contributed by atoms with van der Waals surface area (Å²) in [4.78, 5) is 11.8. The largest absolute Gasteiger partial charge is 0.497 e. The van der Waals surface area contributed by atoms with Gasteiger partial charge in [-0.15, -0.1) is 0 Å². The Morgan fingerprint density at radius 2 is 2.14 bits per heavy atom. The number of fused-ring (bicyclic) bond motifs is 1. The van der Waals surface area contributed by atoms with Gasteiger partial charge in [-0.2, -0.15) is 0 Å². The minimum Gasteiger partial charge on any atom is -0.497 e. The monoisotopic (exact) mass is 297 g/mol. The number of aryl methyl sites for hydroxylation is 1. The van der Waals surface area contributed by atoms with E-state index in [1.807, 2.05) is 6.07 Å². The molecule has 1 aliphatic carbocycles. The first-order valence-corrected chi connectivity index (χ1v) is 8.11. The van der Waals surface area contributed by atoms with E-state index in [0.29, 0.717) is 0 Å². The lowest BCUT2D eigenvalue weighted by Crippen LogP contribution is -2.35. The van der Waals surface area contributed by atoms with E-state index in [2.05, 4.69) is 35.6 Å². The average molecular weight is 297 g/mol. The average Bonchev–Trinajstić information content (AvgIpc) is 2.49. The van der Waals surface area contributed by atoms with E-state index in [4.69, 9.17) is 4.74 Å². The zero-order valence-corrected chi connectivity index (χ0v) is 13.1. The van der Waals surface area contributed by atoms with Gasteiger partial charge in [0.25, 0.3) is 0 Å². The van der Waals surface area contributed by atoms with Gasteiger partial charge < -0.3 is 10.1 Å². The summed E-state index contributed by atoms with van der Waals surface area (Å²) in [6.07, 6.45) is 5.27. The molecule has 0 spiro atoms. The van der Waals surface area contributed by atoms with Crippen molar-refractivity contribution in [3.8, 4) is 5.75 Å². The number of carbonyl (C=O) groups is 1. The topological polar surface area (TPSA) is 38.3 Å². The van der Waals surface area contributed by atoms with Crippen molar-refractivity contribution >= 4 is 16.7 Å². The predicted molar refractivity (Wildman–Crippen MR) is 89.2 cm³/mol. The summed E-state index contributed by atoms with van der Waals surface area (Å²) in [6, 6.07) is 12.6. The van der Waals surface area contributed by atoms with Crippen molar-refractivity contribution in [2.75, 3.05) is 13.7 Å². The van der Waals surface area contributed by atoms with Gasteiger partial charge in [0.05, 0.1) is 7.11 Å². The molecule has 1 saturated carbocycles. The lowest BCUT2D eigenvalue weighted by Gasteiger charge is -2.24. The highest BCUT2D eigenvalue weighted by molar-refractivity contribution is 5.87. The van der Waals surface area contributed by atoms with Crippen molar-refractivity contribution in [1.29, 1.82) is 0 Å². The smallest absolute Gasteiger partial charge is 0.223 e. The van der Waals surface area contributed by atoms with Crippen LogP contribution < -0.4 is 10.1 Å². The first kappa shape index (κ1) is 14.9. The van der Waals surface area contributed by atoms with Crippen LogP contribution in [0.25, 0.3) is 10.8 Å². The Bertz CT molecular complexity index is 662. The van der Waals surface area contributed by atoms with Crippen LogP contribution in [0.5, 0.6) is 5.75 Å². The van der Waals surface area contributed by atoms with E-state index in [9.17, 15) is 4.79 Å². The van der Waals surface area contributed by atoms with Crippen LogP contribution in [0, 0.1) is 5.92 Å². The molecule has 3 rings (SSSR count). The van der Waals surface area contributed by atoms with E-state index < -0.39 is 0 Å². The molecule has 116 valence electrons. The summed E-state index contributed by atoms with van der Waals surface area (Å²) >= 11 is 0. The van der Waals surface area contributed by atoms with Crippen LogP contribution in [-0.4, -0.2) is 19.6 Å². The molecule has 0 saturated heterocycles. The Morgan fingerprint density at radius 3 is 2.86 bits per heavy atom. The van der Waals surface area contributed by atoms with E-state index in [-0.39, 0.29) is 11.8 Å². The van der Waals surface area contributed by atoms with Crippen LogP contribution in [0.3, 0.4) is 0 Å². The SMILES string of the molecule is COc1ccc2cccc(CCCNC(=O)C3CCC3)c2c1. The molecule has 22 heavy (non-hydrogen) atoms. The maximum Gasteiger partial charge on any atom is 0.223 e. The molecule has 0 unspecified atom stereocenters. The van der Waals surface area contributed by atoms with Gasteiger partial charge in [-0.1, -0.05) is 30.7 Å². The number of hydrogen-bond donors (Lipinski definition) is 1. The first-order chi connectivity index (χ1) is 10.8. The third-order valence-corrected chi connectivity index (χ3v) is 4.58. The minimum absolute atomic E-state index is 0.242. The molecule has 1 aliphatic rings. The second kappa shape index (κ2) is 6.82. The molecule has 3 nitrogen and oxygen atoms in total. The van der Waals surface area contributed by atoms with Crippen molar-refractivity contribution in [3.63, 3.8) is 0 Å². The highest BCUT2D eigenvalue weighted by atomic mass is 16.5. The summed E-state index contributed by atoms with van der Waals surface area (Å²) < 4.78 is 5.32. The Hall–Kier alpha value is -2.03. The fraction of sp³-hybridized carbons (Fsp3) is 0.421. The third-order valence-electron chi connectivity index (χ3n) is 4.58. The van der Waals surface area contributed by atoms with E-state index in [1.165, 1.54) is 22.8 Å². The number of carbonyl (C=O) groups excluding carboxylic acids is 1. The van der Waals surface area contributed by atoms with Gasteiger partial charge in [0, 0.05) is 12.5 Å². The number of ether oxygens (including phenoxy) is 1. The molecule has 1 N–H and O–H groups in total. The number of nitrogens with one attached hydrogen (secondary N) is 1. The van der Waals surface area contributed by atoms with Crippen LogP contribution in [-0.2, 0) is 11.2 Å². The Balaban J connectivity index is 1.59. The van der Waals surface area contributed by atoms with Crippen LogP contribution >= 0.6 is 0 Å². The van der Waals surface area contributed by atoms with Crippen molar-refractivity contribution in [2.24, 2.45) is 5.92 Å². The zero-order chi connectivity index (χ0) is 15.4. The van der Waals surface area contributed by atoms with Gasteiger partial charge in [0.15, 0.2) is 0 Å². The summed E-state index contributed by atoms with van der Waals surface area (Å²) in [7, 11) is 1.69. The second-order valence-electron chi connectivity index (χ2n) is 6.03. The molecular formula is C19H23NO2. The van der Waals surface area contributed by atoms with Crippen LogP contribution in [0.1, 0.15) is 31.2 Å². The molecule has 0 aromatic heterocycles. The summed E-state index contributed by atoms with van der Waals surface area (Å²) in [5.41, 5.74) is 1.31. The normalized spacial score (nSPS) is 14.6. The van der Waals surface area contributed by atoms with Gasteiger partial charge in [0.1, 0.15) is 5.75 Å². The molecule has 0 bridgehead atoms. The predicted octanol–water partition coefficient (Wildman–Crippen LogP) is 3.70. The van der Waals surface area contributed by atoms with Crippen LogP contribution in [0.15, 0.2) is 36.4 Å². The highest BCUT2D eigenvalue weighted by Gasteiger charge is 2.24. The Labute approximate surface area is 131 Å². The van der Waals surface area contributed by atoms with Gasteiger partial charge in [-0.3, -0.25) is 4.79 Å². The van der Waals surface area contributed by atoms with Crippen molar-refractivity contribution in [3.05, 3.63) is 42.0 Å². The minimum atomic E-state index is 0.242. The molecule has 1 fully saturated rings. The van der Waals surface area contributed by atoms with Gasteiger partial charge in [-0.25, -0.2) is 0 Å². The summed E-state index contributed by atoms with van der Waals surface area (Å²) in [5, 5.41) is 5.54. The van der Waals surface area contributed by atoms with Crippen molar-refractivity contribution in [1.82, 2.24) is 5.32 Å². The lowest BCUT2D eigenvalue weighted by molar-refractivity contribution is -0.127. The zero-order valence-electron chi connectivity index (χ0n) is 13.1. The molecule has 2 aromatic rings. The summed E-state index contributed by atoms with van der Waals surface area (Å²) in [6.45, 7) is 0.760. The standard InChI is InChI=1S/C19H23NO2/c1-22-17-11-10-15-6-2-5-14(18(15)13-17)9-4-12-20-19(21)16-7-3-8-16/h2,5-6,10-11,13,16H,3-4,7-9,12H2,1H3,(H,20,21). The molecule has 0 atom stereocenters. The molecule has 0 radical (unpaired) electrons. The maximum atomic E-state index is 11.8. The fourth-order valence-corrected chi connectivity index (χ4v) is 2.97. The molecule has 3 heteroatoms. The van der Waals surface area contributed by atoms with E-state index in [1.54, 1.807) is 7.11 Å². The lowest BCUT2D eigenvalue weighted by atomic mass is 9.85. The van der Waals surface area contributed by atoms with Crippen molar-refractivity contribution in [2.45, 2.75) is 32.1 Å². The summed E-state index contributed by atoms with van der Waals surface area (Å²) in [5.74, 6) is 1.41. The maximum absolute atomic E-state index is 11.8. The fourth-order valence-electron chi connectivity index (χ4n) is 2.97. The molecule has 2 aromatic carbocycles. The Kier molecular flexibility index (Phi) is 4.62.